The van der Waals surface area contributed by atoms with Crippen molar-refractivity contribution in [3.63, 3.8) is 0 Å². The molecule has 3 aromatic rings. The van der Waals surface area contributed by atoms with Gasteiger partial charge in [0.2, 0.25) is 0 Å². The summed E-state index contributed by atoms with van der Waals surface area (Å²) in [5.41, 5.74) is 8.28. The highest BCUT2D eigenvalue weighted by Crippen LogP contribution is 2.20. The first-order valence-electron chi connectivity index (χ1n) is 9.33. The number of methoxy groups -OCH3 is 1. The van der Waals surface area contributed by atoms with E-state index in [2.05, 4.69) is 15.3 Å². The van der Waals surface area contributed by atoms with Crippen LogP contribution in [0, 0.1) is 0 Å². The molecule has 0 aliphatic heterocycles. The number of nitrogen functional groups attached to an aromatic ring is 1. The molecule has 0 aliphatic rings. The van der Waals surface area contributed by atoms with E-state index in [4.69, 9.17) is 10.5 Å². The molecular weight excluding hydrogens is 382 g/mol. The van der Waals surface area contributed by atoms with Gasteiger partial charge in [0.1, 0.15) is 0 Å². The van der Waals surface area contributed by atoms with Crippen LogP contribution >= 0.6 is 0 Å². The predicted octanol–water partition coefficient (Wildman–Crippen LogP) is 2.70. The molecule has 30 heavy (non-hydrogen) atoms. The number of nitrogens with one attached hydrogen (secondary N) is 1. The van der Waals surface area contributed by atoms with Crippen LogP contribution in [0.4, 0.5) is 11.5 Å². The van der Waals surface area contributed by atoms with Gasteiger partial charge in [-0.15, -0.1) is 0 Å². The molecule has 1 heterocycles. The minimum absolute atomic E-state index is 0.0378. The molecule has 1 aromatic heterocycles. The number of hydrogen-bond acceptors (Lipinski definition) is 6. The maximum atomic E-state index is 12.6. The van der Waals surface area contributed by atoms with Gasteiger partial charge in [0, 0.05) is 37.5 Å². The summed E-state index contributed by atoms with van der Waals surface area (Å²) in [4.78, 5) is 35.1. The summed E-state index contributed by atoms with van der Waals surface area (Å²) in [5.74, 6) is -0.511. The maximum absolute atomic E-state index is 12.6. The lowest BCUT2D eigenvalue weighted by Gasteiger charge is -2.16. The van der Waals surface area contributed by atoms with Crippen LogP contribution in [0.2, 0.25) is 0 Å². The Morgan fingerprint density at radius 2 is 1.80 bits per heavy atom. The average molecular weight is 405 g/mol. The number of ether oxygens (including phenoxy) is 1. The monoisotopic (exact) mass is 405 g/mol. The smallest absolute Gasteiger partial charge is 0.278 e. The molecule has 2 aromatic carbocycles. The van der Waals surface area contributed by atoms with Crippen LogP contribution in [0.3, 0.4) is 0 Å². The number of rotatable bonds is 7. The summed E-state index contributed by atoms with van der Waals surface area (Å²) in [6.07, 6.45) is 1.50. The molecule has 2 amide bonds. The van der Waals surface area contributed by atoms with Crippen molar-refractivity contribution in [1.29, 1.82) is 0 Å². The van der Waals surface area contributed by atoms with Crippen molar-refractivity contribution < 1.29 is 14.3 Å². The molecule has 0 aliphatic carbocycles. The van der Waals surface area contributed by atoms with Crippen LogP contribution in [-0.2, 0) is 4.74 Å². The molecule has 0 fully saturated rings. The minimum atomic E-state index is -0.445. The number of carbonyl (C=O) groups excluding carboxylic acids is 2. The Balaban J connectivity index is 1.78. The van der Waals surface area contributed by atoms with Crippen molar-refractivity contribution in [2.45, 2.75) is 0 Å². The minimum Gasteiger partial charge on any atom is -0.383 e. The lowest BCUT2D eigenvalue weighted by atomic mass is 10.1. The Kier molecular flexibility index (Phi) is 6.71. The SMILES string of the molecule is COCCN(C)C(=O)c1ccc(-c2cnc(N)c(C(=O)Nc3ccccc3)n2)cc1. The Labute approximate surface area is 174 Å². The van der Waals surface area contributed by atoms with E-state index in [9.17, 15) is 9.59 Å². The summed E-state index contributed by atoms with van der Waals surface area (Å²) in [7, 11) is 3.31. The molecule has 3 N–H and O–H groups in total. The molecular formula is C22H23N5O3. The number of likely N-dealkylation sites (N-methyl/N-ethyl adjacent to an activating group) is 1. The second-order valence-electron chi connectivity index (χ2n) is 6.61. The van der Waals surface area contributed by atoms with Crippen molar-refractivity contribution in [3.05, 3.63) is 72.1 Å². The molecule has 154 valence electrons. The number of carbonyl (C=O) groups is 2. The van der Waals surface area contributed by atoms with Gasteiger partial charge in [-0.3, -0.25) is 9.59 Å². The summed E-state index contributed by atoms with van der Waals surface area (Å²) in [6, 6.07) is 16.0. The van der Waals surface area contributed by atoms with Crippen LogP contribution in [0.15, 0.2) is 60.8 Å². The van der Waals surface area contributed by atoms with Crippen molar-refractivity contribution in [1.82, 2.24) is 14.9 Å². The number of nitrogens with two attached hydrogens (primary N) is 1. The Bertz CT molecular complexity index is 1020. The third kappa shape index (κ3) is 4.98. The van der Waals surface area contributed by atoms with E-state index in [1.54, 1.807) is 55.5 Å². The van der Waals surface area contributed by atoms with E-state index in [-0.39, 0.29) is 17.4 Å². The highest BCUT2D eigenvalue weighted by atomic mass is 16.5. The maximum Gasteiger partial charge on any atom is 0.278 e. The van der Waals surface area contributed by atoms with Gasteiger partial charge < -0.3 is 20.7 Å². The predicted molar refractivity (Wildman–Crippen MR) is 115 cm³/mol. The zero-order valence-electron chi connectivity index (χ0n) is 16.8. The molecule has 0 bridgehead atoms. The Hall–Kier alpha value is -3.78. The molecule has 3 rings (SSSR count). The van der Waals surface area contributed by atoms with E-state index >= 15 is 0 Å². The van der Waals surface area contributed by atoms with E-state index in [1.807, 2.05) is 18.2 Å². The second-order valence-corrected chi connectivity index (χ2v) is 6.61. The third-order valence-corrected chi connectivity index (χ3v) is 4.45. The molecule has 8 heteroatoms. The van der Waals surface area contributed by atoms with Gasteiger partial charge in [0.05, 0.1) is 18.5 Å². The Morgan fingerprint density at radius 3 is 2.47 bits per heavy atom. The summed E-state index contributed by atoms with van der Waals surface area (Å²) >= 11 is 0. The van der Waals surface area contributed by atoms with Crippen molar-refractivity contribution >= 4 is 23.3 Å². The van der Waals surface area contributed by atoms with Crippen molar-refractivity contribution in [3.8, 4) is 11.3 Å². The molecule has 8 nitrogen and oxygen atoms in total. The van der Waals surface area contributed by atoms with Gasteiger partial charge in [0.25, 0.3) is 11.8 Å². The fraction of sp³-hybridized carbons (Fsp3) is 0.182. The van der Waals surface area contributed by atoms with Gasteiger partial charge in [-0.05, 0) is 24.3 Å². The highest BCUT2D eigenvalue weighted by Gasteiger charge is 2.16. The van der Waals surface area contributed by atoms with E-state index in [0.717, 1.165) is 0 Å². The molecule has 0 saturated heterocycles. The molecule has 0 spiro atoms. The molecule has 0 unspecified atom stereocenters. The van der Waals surface area contributed by atoms with Crippen LogP contribution in [0.25, 0.3) is 11.3 Å². The topological polar surface area (TPSA) is 110 Å². The average Bonchev–Trinajstić information content (AvgIpc) is 2.78. The first-order valence-corrected chi connectivity index (χ1v) is 9.33. The lowest BCUT2D eigenvalue weighted by Crippen LogP contribution is -2.29. The van der Waals surface area contributed by atoms with Gasteiger partial charge in [-0.1, -0.05) is 30.3 Å². The van der Waals surface area contributed by atoms with Crippen LogP contribution in [0.5, 0.6) is 0 Å². The number of aromatic nitrogens is 2. The summed E-state index contributed by atoms with van der Waals surface area (Å²) in [5, 5.41) is 2.75. The zero-order chi connectivity index (χ0) is 21.5. The summed E-state index contributed by atoms with van der Waals surface area (Å²) < 4.78 is 5.00. The van der Waals surface area contributed by atoms with Crippen molar-refractivity contribution in [2.24, 2.45) is 0 Å². The number of amides is 2. The number of anilines is 2. The fourth-order valence-corrected chi connectivity index (χ4v) is 2.75. The van der Waals surface area contributed by atoms with Gasteiger partial charge in [-0.2, -0.15) is 0 Å². The van der Waals surface area contributed by atoms with Gasteiger partial charge in [0.15, 0.2) is 11.5 Å². The second kappa shape index (κ2) is 9.62. The molecule has 0 radical (unpaired) electrons. The number of hydrogen-bond donors (Lipinski definition) is 2. The highest BCUT2D eigenvalue weighted by molar-refractivity contribution is 6.06. The van der Waals surface area contributed by atoms with Crippen LogP contribution < -0.4 is 11.1 Å². The number of para-hydroxylation sites is 1. The van der Waals surface area contributed by atoms with Gasteiger partial charge >= 0.3 is 0 Å². The van der Waals surface area contributed by atoms with Crippen LogP contribution in [-0.4, -0.2) is 54.0 Å². The van der Waals surface area contributed by atoms with Crippen LogP contribution in [0.1, 0.15) is 20.8 Å². The largest absolute Gasteiger partial charge is 0.383 e. The standard InChI is InChI=1S/C22H23N5O3/c1-27(12-13-30-2)22(29)16-10-8-15(9-11-16)18-14-24-20(23)19(26-18)21(28)25-17-6-4-3-5-7-17/h3-11,14H,12-13H2,1-2H3,(H2,23,24)(H,25,28). The van der Waals surface area contributed by atoms with E-state index < -0.39 is 5.91 Å². The quantitative estimate of drug-likeness (QED) is 0.625. The molecule has 0 atom stereocenters. The van der Waals surface area contributed by atoms with E-state index in [1.165, 1.54) is 6.20 Å². The Morgan fingerprint density at radius 1 is 1.10 bits per heavy atom. The number of benzene rings is 2. The van der Waals surface area contributed by atoms with E-state index in [0.29, 0.717) is 35.7 Å². The van der Waals surface area contributed by atoms with Gasteiger partial charge in [-0.25, -0.2) is 9.97 Å². The first-order chi connectivity index (χ1) is 14.5. The number of nitrogens with zero attached hydrogens (tertiary/aromatic N) is 3. The zero-order valence-corrected chi connectivity index (χ0v) is 16.8. The third-order valence-electron chi connectivity index (χ3n) is 4.45. The lowest BCUT2D eigenvalue weighted by molar-refractivity contribution is 0.0744. The fourth-order valence-electron chi connectivity index (χ4n) is 2.75. The summed E-state index contributed by atoms with van der Waals surface area (Å²) in [6.45, 7) is 0.968. The van der Waals surface area contributed by atoms with Crippen molar-refractivity contribution in [2.75, 3.05) is 38.4 Å². The molecule has 0 saturated carbocycles. The first kappa shape index (κ1) is 20.9. The normalized spacial score (nSPS) is 10.5.